The van der Waals surface area contributed by atoms with E-state index in [0.29, 0.717) is 11.4 Å². The van der Waals surface area contributed by atoms with E-state index in [-0.39, 0.29) is 6.54 Å². The van der Waals surface area contributed by atoms with Gasteiger partial charge < -0.3 is 20.3 Å². The second kappa shape index (κ2) is 6.48. The van der Waals surface area contributed by atoms with Crippen LogP contribution in [0.25, 0.3) is 0 Å². The minimum absolute atomic E-state index is 0.0504. The third-order valence-electron chi connectivity index (χ3n) is 2.39. The average Bonchev–Trinajstić information content (AvgIpc) is 2.34. The molecule has 1 rings (SSSR count). The summed E-state index contributed by atoms with van der Waals surface area (Å²) in [7, 11) is 1.53. The highest BCUT2D eigenvalue weighted by Gasteiger charge is 2.20. The third kappa shape index (κ3) is 4.32. The molecule has 1 atom stereocenters. The molecule has 0 aliphatic rings. The molecule has 0 saturated heterocycles. The molecule has 0 heterocycles. The smallest absolute Gasteiger partial charge is 0.308 e. The first-order valence-corrected chi connectivity index (χ1v) is 5.35. The number of benzene rings is 1. The number of anilines is 1. The number of ether oxygens (including phenoxy) is 1. The maximum Gasteiger partial charge on any atom is 0.308 e. The van der Waals surface area contributed by atoms with Crippen LogP contribution in [0.2, 0.25) is 0 Å². The van der Waals surface area contributed by atoms with Crippen molar-refractivity contribution in [3.05, 3.63) is 24.3 Å². The van der Waals surface area contributed by atoms with Gasteiger partial charge in [0.15, 0.2) is 0 Å². The van der Waals surface area contributed by atoms with Gasteiger partial charge in [-0.2, -0.15) is 0 Å². The van der Waals surface area contributed by atoms with Gasteiger partial charge in [0, 0.05) is 18.3 Å². The summed E-state index contributed by atoms with van der Waals surface area (Å²) in [5, 5.41) is 20.4. The Morgan fingerprint density at radius 3 is 2.67 bits per heavy atom. The second-order valence-electron chi connectivity index (χ2n) is 3.75. The molecular weight excluding hydrogens is 238 g/mol. The van der Waals surface area contributed by atoms with E-state index in [1.807, 2.05) is 0 Å². The van der Waals surface area contributed by atoms with Gasteiger partial charge in [0.1, 0.15) is 5.75 Å². The van der Waals surface area contributed by atoms with E-state index >= 15 is 0 Å². The normalized spacial score (nSPS) is 11.6. The van der Waals surface area contributed by atoms with Crippen LogP contribution in [0.4, 0.5) is 5.69 Å². The lowest BCUT2D eigenvalue weighted by Crippen LogP contribution is -2.25. The first kappa shape index (κ1) is 13.8. The molecule has 0 saturated carbocycles. The van der Waals surface area contributed by atoms with Crippen LogP contribution in [0.3, 0.4) is 0 Å². The monoisotopic (exact) mass is 253 g/mol. The Morgan fingerprint density at radius 2 is 2.11 bits per heavy atom. The van der Waals surface area contributed by atoms with E-state index in [2.05, 4.69) is 5.32 Å². The number of hydrogen-bond acceptors (Lipinski definition) is 4. The molecule has 3 N–H and O–H groups in total. The molecule has 0 aliphatic carbocycles. The van der Waals surface area contributed by atoms with Crippen LogP contribution in [0, 0.1) is 5.92 Å². The molecule has 98 valence electrons. The number of hydrogen-bond donors (Lipinski definition) is 3. The van der Waals surface area contributed by atoms with Crippen LogP contribution in [0.1, 0.15) is 6.42 Å². The molecule has 1 unspecified atom stereocenters. The summed E-state index contributed by atoms with van der Waals surface area (Å²) >= 11 is 0. The molecule has 0 aliphatic heterocycles. The van der Waals surface area contributed by atoms with Crippen molar-refractivity contribution in [1.82, 2.24) is 0 Å². The van der Waals surface area contributed by atoms with Crippen molar-refractivity contribution in [2.75, 3.05) is 19.0 Å². The first-order chi connectivity index (χ1) is 8.52. The van der Waals surface area contributed by atoms with Crippen LogP contribution in [0.5, 0.6) is 5.75 Å². The molecule has 0 bridgehead atoms. The zero-order valence-electron chi connectivity index (χ0n) is 9.92. The first-order valence-electron chi connectivity index (χ1n) is 5.35. The van der Waals surface area contributed by atoms with Gasteiger partial charge in [0.2, 0.25) is 0 Å². The highest BCUT2D eigenvalue weighted by molar-refractivity contribution is 5.78. The number of aliphatic carboxylic acids is 2. The molecule has 0 amide bonds. The second-order valence-corrected chi connectivity index (χ2v) is 3.75. The summed E-state index contributed by atoms with van der Waals surface area (Å²) in [5.41, 5.74) is 0.686. The Morgan fingerprint density at radius 1 is 1.39 bits per heavy atom. The number of carboxylic acid groups (broad SMARTS) is 2. The van der Waals surface area contributed by atoms with Gasteiger partial charge in [-0.1, -0.05) is 6.07 Å². The topological polar surface area (TPSA) is 95.9 Å². The van der Waals surface area contributed by atoms with Crippen molar-refractivity contribution >= 4 is 17.6 Å². The molecule has 0 fully saturated rings. The molecule has 6 heteroatoms. The molecule has 18 heavy (non-hydrogen) atoms. The number of rotatable bonds is 7. The Bertz CT molecular complexity index is 432. The maximum atomic E-state index is 10.9. The lowest BCUT2D eigenvalue weighted by molar-refractivity contribution is -0.147. The Hall–Kier alpha value is -2.24. The maximum absolute atomic E-state index is 10.9. The predicted octanol–water partition coefficient (Wildman–Crippen LogP) is 1.28. The van der Waals surface area contributed by atoms with Crippen molar-refractivity contribution in [2.45, 2.75) is 6.42 Å². The largest absolute Gasteiger partial charge is 0.497 e. The van der Waals surface area contributed by atoms with E-state index in [9.17, 15) is 9.59 Å². The van der Waals surface area contributed by atoms with Gasteiger partial charge in [-0.25, -0.2) is 0 Å². The fourth-order valence-electron chi connectivity index (χ4n) is 1.43. The molecule has 1 aromatic carbocycles. The fourth-order valence-corrected chi connectivity index (χ4v) is 1.43. The summed E-state index contributed by atoms with van der Waals surface area (Å²) in [6.45, 7) is 0.0504. The quantitative estimate of drug-likeness (QED) is 0.677. The minimum Gasteiger partial charge on any atom is -0.497 e. The van der Waals surface area contributed by atoms with Crippen molar-refractivity contribution in [1.29, 1.82) is 0 Å². The Kier molecular flexibility index (Phi) is 4.98. The molecule has 1 aromatic rings. The standard InChI is InChI=1S/C12H15NO5/c1-18-10-4-2-3-9(6-10)13-7-8(12(16)17)5-11(14)15/h2-4,6,8,13H,5,7H2,1H3,(H,14,15)(H,16,17). The summed E-state index contributed by atoms with van der Waals surface area (Å²) in [5.74, 6) is -2.58. The van der Waals surface area contributed by atoms with E-state index in [4.69, 9.17) is 14.9 Å². The highest BCUT2D eigenvalue weighted by Crippen LogP contribution is 2.17. The summed E-state index contributed by atoms with van der Waals surface area (Å²) < 4.78 is 5.02. The van der Waals surface area contributed by atoms with Gasteiger partial charge in [-0.3, -0.25) is 9.59 Å². The summed E-state index contributed by atoms with van der Waals surface area (Å²) in [6, 6.07) is 6.98. The van der Waals surface area contributed by atoms with Gasteiger partial charge in [-0.05, 0) is 12.1 Å². The highest BCUT2D eigenvalue weighted by atomic mass is 16.5. The predicted molar refractivity (Wildman–Crippen MR) is 64.9 cm³/mol. The van der Waals surface area contributed by atoms with Crippen LogP contribution in [-0.4, -0.2) is 35.8 Å². The Balaban J connectivity index is 2.60. The fraction of sp³-hybridized carbons (Fsp3) is 0.333. The molecule has 6 nitrogen and oxygen atoms in total. The van der Waals surface area contributed by atoms with Gasteiger partial charge >= 0.3 is 11.9 Å². The van der Waals surface area contributed by atoms with E-state index in [0.717, 1.165) is 0 Å². The number of carboxylic acids is 2. The average molecular weight is 253 g/mol. The zero-order chi connectivity index (χ0) is 13.5. The van der Waals surface area contributed by atoms with E-state index in [1.54, 1.807) is 24.3 Å². The van der Waals surface area contributed by atoms with Crippen molar-refractivity contribution < 1.29 is 24.5 Å². The molecule has 0 aromatic heterocycles. The molecule has 0 radical (unpaired) electrons. The molecular formula is C12H15NO5. The van der Waals surface area contributed by atoms with Crippen molar-refractivity contribution in [2.24, 2.45) is 5.92 Å². The Labute approximate surface area is 104 Å². The molecule has 0 spiro atoms. The lowest BCUT2D eigenvalue weighted by Gasteiger charge is -2.12. The van der Waals surface area contributed by atoms with Gasteiger partial charge in [0.05, 0.1) is 19.4 Å². The lowest BCUT2D eigenvalue weighted by atomic mass is 10.1. The number of carbonyl (C=O) groups is 2. The van der Waals surface area contributed by atoms with Crippen molar-refractivity contribution in [3.8, 4) is 5.75 Å². The van der Waals surface area contributed by atoms with Crippen LogP contribution in [0.15, 0.2) is 24.3 Å². The van der Waals surface area contributed by atoms with Crippen LogP contribution >= 0.6 is 0 Å². The van der Waals surface area contributed by atoms with Gasteiger partial charge in [-0.15, -0.1) is 0 Å². The minimum atomic E-state index is -1.13. The van der Waals surface area contributed by atoms with E-state index in [1.165, 1.54) is 7.11 Å². The number of nitrogens with one attached hydrogen (secondary N) is 1. The van der Waals surface area contributed by atoms with Crippen molar-refractivity contribution in [3.63, 3.8) is 0 Å². The number of methoxy groups -OCH3 is 1. The van der Waals surface area contributed by atoms with Crippen LogP contribution in [-0.2, 0) is 9.59 Å². The summed E-state index contributed by atoms with van der Waals surface area (Å²) in [6.07, 6.45) is -0.410. The third-order valence-corrected chi connectivity index (χ3v) is 2.39. The van der Waals surface area contributed by atoms with Gasteiger partial charge in [0.25, 0.3) is 0 Å². The zero-order valence-corrected chi connectivity index (χ0v) is 9.92. The SMILES string of the molecule is COc1cccc(NCC(CC(=O)O)C(=O)O)c1. The summed E-state index contributed by atoms with van der Waals surface area (Å²) in [4.78, 5) is 21.4. The van der Waals surface area contributed by atoms with E-state index < -0.39 is 24.3 Å². The van der Waals surface area contributed by atoms with Crippen LogP contribution < -0.4 is 10.1 Å².